The summed E-state index contributed by atoms with van der Waals surface area (Å²) in [7, 11) is -0.838. The van der Waals surface area contributed by atoms with E-state index >= 15 is 0 Å². The van der Waals surface area contributed by atoms with Crippen molar-refractivity contribution in [3.63, 3.8) is 0 Å². The summed E-state index contributed by atoms with van der Waals surface area (Å²) in [4.78, 5) is 9.17. The van der Waals surface area contributed by atoms with Crippen molar-refractivity contribution in [2.45, 2.75) is 51.7 Å². The maximum Gasteiger partial charge on any atom is 0.138 e. The molecule has 2 unspecified atom stereocenters. The lowest BCUT2D eigenvalue weighted by atomic mass is 9.96. The van der Waals surface area contributed by atoms with Crippen LogP contribution in [0.25, 0.3) is 0 Å². The Morgan fingerprint density at radius 1 is 1.24 bits per heavy atom. The van der Waals surface area contributed by atoms with Crippen molar-refractivity contribution >= 4 is 22.4 Å². The monoisotopic (exact) mass is 312 g/mol. The highest BCUT2D eigenvalue weighted by atomic mass is 32.2. The maximum absolute atomic E-state index is 11.4. The molecular formula is C15H28N4OS. The van der Waals surface area contributed by atoms with Gasteiger partial charge in [-0.2, -0.15) is 0 Å². The normalized spacial score (nSPS) is 14.6. The third kappa shape index (κ3) is 5.99. The molecule has 0 aliphatic rings. The third-order valence-electron chi connectivity index (χ3n) is 3.09. The molecule has 5 nitrogen and oxygen atoms in total. The van der Waals surface area contributed by atoms with Gasteiger partial charge >= 0.3 is 0 Å². The summed E-state index contributed by atoms with van der Waals surface area (Å²) < 4.78 is 11.4. The molecule has 120 valence electrons. The second-order valence-corrected chi connectivity index (χ2v) is 8.13. The zero-order valence-electron chi connectivity index (χ0n) is 14.0. The van der Waals surface area contributed by atoms with Gasteiger partial charge in [-0.25, -0.2) is 9.97 Å². The minimum absolute atomic E-state index is 0.0881. The number of rotatable bonds is 7. The average Bonchev–Trinajstić information content (AvgIpc) is 2.41. The number of hydrogen-bond acceptors (Lipinski definition) is 5. The lowest BCUT2D eigenvalue weighted by Gasteiger charge is -2.20. The predicted octanol–water partition coefficient (Wildman–Crippen LogP) is 2.77. The molecular weight excluding hydrogens is 284 g/mol. The van der Waals surface area contributed by atoms with Crippen LogP contribution in [0.3, 0.4) is 0 Å². The first-order valence-corrected chi connectivity index (χ1v) is 9.05. The number of aromatic nitrogens is 2. The standard InChI is InChI=1S/C15H28N4OS/c1-7-8-16-12-9-13(17-10-11(2)21(6)20)19-14(18-12)15(3,4)5/h9,11H,7-8,10H2,1-6H3,(H2,16,17,18,19). The van der Waals surface area contributed by atoms with Gasteiger partial charge in [-0.15, -0.1) is 0 Å². The molecule has 0 saturated carbocycles. The highest BCUT2D eigenvalue weighted by Crippen LogP contribution is 2.22. The Kier molecular flexibility index (Phi) is 6.58. The lowest BCUT2D eigenvalue weighted by molar-refractivity contribution is 0.546. The van der Waals surface area contributed by atoms with Crippen LogP contribution in [0.4, 0.5) is 11.6 Å². The summed E-state index contributed by atoms with van der Waals surface area (Å²) in [5.74, 6) is 2.42. The predicted molar refractivity (Wildman–Crippen MR) is 91.5 cm³/mol. The van der Waals surface area contributed by atoms with Gasteiger partial charge in [-0.3, -0.25) is 4.21 Å². The van der Waals surface area contributed by atoms with Gasteiger partial charge in [0.05, 0.1) is 0 Å². The Morgan fingerprint density at radius 2 is 1.81 bits per heavy atom. The fraction of sp³-hybridized carbons (Fsp3) is 0.733. The smallest absolute Gasteiger partial charge is 0.138 e. The van der Waals surface area contributed by atoms with Crippen LogP contribution < -0.4 is 10.6 Å². The van der Waals surface area contributed by atoms with Crippen molar-refractivity contribution in [2.24, 2.45) is 0 Å². The van der Waals surface area contributed by atoms with Gasteiger partial charge in [-0.05, 0) is 13.3 Å². The van der Waals surface area contributed by atoms with Gasteiger partial charge in [-0.1, -0.05) is 27.7 Å². The molecule has 0 spiro atoms. The Labute approximate surface area is 130 Å². The number of nitrogens with zero attached hydrogens (tertiary/aromatic N) is 2. The van der Waals surface area contributed by atoms with Crippen LogP contribution in [-0.4, -0.2) is 38.8 Å². The summed E-state index contributed by atoms with van der Waals surface area (Å²) in [6.45, 7) is 11.9. The van der Waals surface area contributed by atoms with E-state index in [4.69, 9.17) is 0 Å². The third-order valence-corrected chi connectivity index (χ3v) is 4.39. The van der Waals surface area contributed by atoms with E-state index in [0.717, 1.165) is 30.4 Å². The Morgan fingerprint density at radius 3 is 2.29 bits per heavy atom. The van der Waals surface area contributed by atoms with E-state index in [1.54, 1.807) is 6.26 Å². The SMILES string of the molecule is CCCNc1cc(NCC(C)S(C)=O)nc(C(C)(C)C)n1. The second-order valence-electron chi connectivity index (χ2n) is 6.33. The van der Waals surface area contributed by atoms with Gasteiger partial charge in [0, 0.05) is 46.9 Å². The number of nitrogens with one attached hydrogen (secondary N) is 2. The minimum atomic E-state index is -0.838. The van der Waals surface area contributed by atoms with Gasteiger partial charge < -0.3 is 10.6 Å². The number of anilines is 2. The summed E-state index contributed by atoms with van der Waals surface area (Å²) in [5.41, 5.74) is -0.112. The average molecular weight is 312 g/mol. The number of hydrogen-bond donors (Lipinski definition) is 2. The first-order valence-electron chi connectivity index (χ1n) is 7.43. The Hall–Kier alpha value is -1.17. The minimum Gasteiger partial charge on any atom is -0.370 e. The van der Waals surface area contributed by atoms with Gasteiger partial charge in [0.15, 0.2) is 0 Å². The van der Waals surface area contributed by atoms with E-state index in [-0.39, 0.29) is 10.7 Å². The van der Waals surface area contributed by atoms with Crippen molar-refractivity contribution in [2.75, 3.05) is 30.0 Å². The van der Waals surface area contributed by atoms with Crippen molar-refractivity contribution in [1.82, 2.24) is 9.97 Å². The molecule has 0 radical (unpaired) electrons. The molecule has 0 bridgehead atoms. The van der Waals surface area contributed by atoms with Crippen molar-refractivity contribution in [1.29, 1.82) is 0 Å². The summed E-state index contributed by atoms with van der Waals surface area (Å²) >= 11 is 0. The van der Waals surface area contributed by atoms with E-state index in [9.17, 15) is 4.21 Å². The zero-order valence-corrected chi connectivity index (χ0v) is 14.8. The highest BCUT2D eigenvalue weighted by Gasteiger charge is 2.19. The second kappa shape index (κ2) is 7.73. The van der Waals surface area contributed by atoms with Crippen LogP contribution in [0.1, 0.15) is 46.9 Å². The molecule has 0 amide bonds. The van der Waals surface area contributed by atoms with E-state index in [0.29, 0.717) is 6.54 Å². The summed E-state index contributed by atoms with van der Waals surface area (Å²) in [6, 6.07) is 1.91. The Balaban J connectivity index is 2.93. The van der Waals surface area contributed by atoms with Gasteiger partial charge in [0.25, 0.3) is 0 Å². The lowest BCUT2D eigenvalue weighted by Crippen LogP contribution is -2.23. The summed E-state index contributed by atoms with van der Waals surface area (Å²) in [6.07, 6.45) is 2.77. The highest BCUT2D eigenvalue weighted by molar-refractivity contribution is 7.84. The van der Waals surface area contributed by atoms with Crippen LogP contribution in [-0.2, 0) is 16.2 Å². The molecule has 0 saturated heterocycles. The molecule has 0 fully saturated rings. The molecule has 21 heavy (non-hydrogen) atoms. The van der Waals surface area contributed by atoms with Crippen LogP contribution in [0, 0.1) is 0 Å². The quantitative estimate of drug-likeness (QED) is 0.810. The molecule has 1 heterocycles. The first-order chi connectivity index (χ1) is 9.74. The molecule has 6 heteroatoms. The zero-order chi connectivity index (χ0) is 16.0. The fourth-order valence-corrected chi connectivity index (χ4v) is 1.90. The van der Waals surface area contributed by atoms with E-state index in [2.05, 4.69) is 48.3 Å². The molecule has 0 aromatic carbocycles. The maximum atomic E-state index is 11.4. The summed E-state index contributed by atoms with van der Waals surface area (Å²) in [5, 5.41) is 6.67. The first kappa shape index (κ1) is 17.9. The van der Waals surface area contributed by atoms with Crippen LogP contribution in [0.15, 0.2) is 6.07 Å². The van der Waals surface area contributed by atoms with E-state index in [1.807, 2.05) is 13.0 Å². The molecule has 0 aliphatic carbocycles. The van der Waals surface area contributed by atoms with Crippen LogP contribution in [0.5, 0.6) is 0 Å². The Bertz CT molecular complexity index is 485. The van der Waals surface area contributed by atoms with Crippen molar-refractivity contribution < 1.29 is 4.21 Å². The molecule has 1 aromatic rings. The molecule has 2 N–H and O–H groups in total. The van der Waals surface area contributed by atoms with Crippen LogP contribution >= 0.6 is 0 Å². The van der Waals surface area contributed by atoms with Crippen molar-refractivity contribution in [3.8, 4) is 0 Å². The van der Waals surface area contributed by atoms with Gasteiger partial charge in [0.1, 0.15) is 17.5 Å². The molecule has 2 atom stereocenters. The van der Waals surface area contributed by atoms with E-state index < -0.39 is 10.8 Å². The van der Waals surface area contributed by atoms with E-state index in [1.165, 1.54) is 0 Å². The molecule has 1 rings (SSSR count). The largest absolute Gasteiger partial charge is 0.370 e. The molecule has 1 aromatic heterocycles. The van der Waals surface area contributed by atoms with Crippen LogP contribution in [0.2, 0.25) is 0 Å². The van der Waals surface area contributed by atoms with Gasteiger partial charge in [0.2, 0.25) is 0 Å². The molecule has 0 aliphatic heterocycles. The fourth-order valence-electron chi connectivity index (χ4n) is 1.58. The van der Waals surface area contributed by atoms with Crippen molar-refractivity contribution in [3.05, 3.63) is 11.9 Å². The topological polar surface area (TPSA) is 66.9 Å².